The molecule has 0 aromatic rings. The van der Waals surface area contributed by atoms with E-state index < -0.39 is 0 Å². The van der Waals surface area contributed by atoms with Crippen LogP contribution in [0.3, 0.4) is 0 Å². The maximum atomic E-state index is 2.64. The Kier molecular flexibility index (Phi) is 4.56. The lowest BCUT2D eigenvalue weighted by Crippen LogP contribution is -2.45. The lowest BCUT2D eigenvalue weighted by Gasteiger charge is -2.45. The van der Waals surface area contributed by atoms with Crippen LogP contribution in [-0.2, 0) is 0 Å². The van der Waals surface area contributed by atoms with Crippen LogP contribution in [0.1, 0.15) is 40.0 Å². The van der Waals surface area contributed by atoms with Crippen LogP contribution < -0.4 is 0 Å². The first-order chi connectivity index (χ1) is 6.26. The van der Waals surface area contributed by atoms with Gasteiger partial charge in [0.25, 0.3) is 0 Å². The van der Waals surface area contributed by atoms with Crippen molar-refractivity contribution in [2.45, 2.75) is 47.5 Å². The number of hydrogen-bond donors (Lipinski definition) is 0. The van der Waals surface area contributed by atoms with Crippen LogP contribution >= 0.6 is 45.2 Å². The van der Waals surface area contributed by atoms with Gasteiger partial charge in [0.1, 0.15) is 0 Å². The summed E-state index contributed by atoms with van der Waals surface area (Å²) in [5.74, 6) is 0. The predicted octanol–water partition coefficient (Wildman–Crippen LogP) is 4.08. The van der Waals surface area contributed by atoms with Gasteiger partial charge in [0, 0.05) is 6.04 Å². The highest BCUT2D eigenvalue weighted by molar-refractivity contribution is 14.2. The standard InChI is InChI=1S/C11H21I2N/c1-5-14(4)9-6-10(2,3)8-11(12,13)7-9/h9H,5-8H2,1-4H3. The third kappa shape index (κ3) is 3.77. The first kappa shape index (κ1) is 13.5. The Morgan fingerprint density at radius 2 is 1.86 bits per heavy atom. The summed E-state index contributed by atoms with van der Waals surface area (Å²) >= 11 is 5.28. The van der Waals surface area contributed by atoms with Crippen LogP contribution in [0.25, 0.3) is 0 Å². The third-order valence-corrected chi connectivity index (χ3v) is 4.83. The molecule has 1 aliphatic carbocycles. The number of halogens is 2. The van der Waals surface area contributed by atoms with Gasteiger partial charge in [0.15, 0.2) is 0 Å². The van der Waals surface area contributed by atoms with Gasteiger partial charge in [-0.1, -0.05) is 66.0 Å². The molecule has 1 aliphatic rings. The average molecular weight is 421 g/mol. The van der Waals surface area contributed by atoms with E-state index >= 15 is 0 Å². The van der Waals surface area contributed by atoms with Crippen molar-refractivity contribution in [3.8, 4) is 0 Å². The van der Waals surface area contributed by atoms with E-state index in [0.717, 1.165) is 6.04 Å². The van der Waals surface area contributed by atoms with Crippen molar-refractivity contribution < 1.29 is 0 Å². The minimum Gasteiger partial charge on any atom is -0.304 e. The monoisotopic (exact) mass is 421 g/mol. The normalized spacial score (nSPS) is 30.6. The molecule has 0 radical (unpaired) electrons. The van der Waals surface area contributed by atoms with Gasteiger partial charge in [-0.3, -0.25) is 0 Å². The van der Waals surface area contributed by atoms with Gasteiger partial charge in [-0.25, -0.2) is 0 Å². The summed E-state index contributed by atoms with van der Waals surface area (Å²) in [5.41, 5.74) is 0.509. The summed E-state index contributed by atoms with van der Waals surface area (Å²) in [4.78, 5) is 2.51. The van der Waals surface area contributed by atoms with Gasteiger partial charge in [-0.05, 0) is 38.3 Å². The quantitative estimate of drug-likeness (QED) is 0.480. The van der Waals surface area contributed by atoms with Crippen molar-refractivity contribution in [3.05, 3.63) is 0 Å². The van der Waals surface area contributed by atoms with E-state index in [4.69, 9.17) is 0 Å². The second kappa shape index (κ2) is 4.73. The second-order valence-electron chi connectivity index (χ2n) is 5.33. The van der Waals surface area contributed by atoms with E-state index in [1.807, 2.05) is 0 Å². The summed E-state index contributed by atoms with van der Waals surface area (Å²) in [5, 5.41) is 0. The molecule has 1 rings (SSSR count). The first-order valence-corrected chi connectivity index (χ1v) is 7.49. The minimum atomic E-state index is 0.464. The lowest BCUT2D eigenvalue weighted by atomic mass is 9.74. The van der Waals surface area contributed by atoms with Crippen molar-refractivity contribution in [2.24, 2.45) is 5.41 Å². The van der Waals surface area contributed by atoms with Gasteiger partial charge < -0.3 is 4.90 Å². The topological polar surface area (TPSA) is 3.24 Å². The molecular formula is C11H21I2N. The molecule has 84 valence electrons. The zero-order chi connectivity index (χ0) is 11.0. The highest BCUT2D eigenvalue weighted by atomic mass is 127. The Balaban J connectivity index is 2.71. The second-order valence-corrected chi connectivity index (χ2v) is 11.5. The van der Waals surface area contributed by atoms with Crippen molar-refractivity contribution in [3.63, 3.8) is 0 Å². The summed E-state index contributed by atoms with van der Waals surface area (Å²) in [6.07, 6.45) is 4.03. The van der Waals surface area contributed by atoms with Crippen molar-refractivity contribution >= 4 is 45.2 Å². The smallest absolute Gasteiger partial charge is 0.0754 e. The molecule has 3 heteroatoms. The summed E-state index contributed by atoms with van der Waals surface area (Å²) in [7, 11) is 2.26. The van der Waals surface area contributed by atoms with Crippen LogP contribution in [0.5, 0.6) is 0 Å². The van der Waals surface area contributed by atoms with Crippen molar-refractivity contribution in [1.29, 1.82) is 0 Å². The number of alkyl halides is 2. The molecule has 0 aliphatic heterocycles. The molecule has 0 heterocycles. The molecule has 1 fully saturated rings. The summed E-state index contributed by atoms with van der Waals surface area (Å²) in [6.45, 7) is 8.25. The lowest BCUT2D eigenvalue weighted by molar-refractivity contribution is 0.123. The molecular weight excluding hydrogens is 400 g/mol. The van der Waals surface area contributed by atoms with Crippen molar-refractivity contribution in [1.82, 2.24) is 4.90 Å². The number of hydrogen-bond acceptors (Lipinski definition) is 1. The van der Waals surface area contributed by atoms with E-state index in [0.29, 0.717) is 6.84 Å². The Labute approximate surface area is 116 Å². The summed E-state index contributed by atoms with van der Waals surface area (Å²) < 4.78 is 0.464. The minimum absolute atomic E-state index is 0.464. The van der Waals surface area contributed by atoms with Gasteiger partial charge >= 0.3 is 0 Å². The van der Waals surface area contributed by atoms with E-state index in [-0.39, 0.29) is 0 Å². The molecule has 14 heavy (non-hydrogen) atoms. The molecule has 0 amide bonds. The molecule has 0 N–H and O–H groups in total. The Bertz CT molecular complexity index is 185. The SMILES string of the molecule is CCN(C)C1CC(C)(C)CC(I)(I)C1. The highest BCUT2D eigenvalue weighted by Gasteiger charge is 2.41. The maximum Gasteiger partial charge on any atom is 0.0754 e. The molecule has 0 saturated heterocycles. The van der Waals surface area contributed by atoms with Gasteiger partial charge in [0.2, 0.25) is 0 Å². The van der Waals surface area contributed by atoms with Crippen LogP contribution in [0.4, 0.5) is 0 Å². The molecule has 1 unspecified atom stereocenters. The fourth-order valence-corrected chi connectivity index (χ4v) is 5.55. The number of rotatable bonds is 2. The third-order valence-electron chi connectivity index (χ3n) is 3.18. The number of nitrogens with zero attached hydrogens (tertiary/aromatic N) is 1. The average Bonchev–Trinajstić information content (AvgIpc) is 1.97. The summed E-state index contributed by atoms with van der Waals surface area (Å²) in [6, 6.07) is 0.776. The van der Waals surface area contributed by atoms with Crippen LogP contribution in [0, 0.1) is 5.41 Å². The molecule has 0 aromatic heterocycles. The molecule has 0 bridgehead atoms. The zero-order valence-electron chi connectivity index (χ0n) is 9.61. The Morgan fingerprint density at radius 3 is 2.29 bits per heavy atom. The predicted molar refractivity (Wildman–Crippen MR) is 80.5 cm³/mol. The maximum absolute atomic E-state index is 2.64. The fourth-order valence-electron chi connectivity index (χ4n) is 2.47. The highest BCUT2D eigenvalue weighted by Crippen LogP contribution is 2.50. The first-order valence-electron chi connectivity index (χ1n) is 5.34. The van der Waals surface area contributed by atoms with E-state index in [1.165, 1.54) is 25.8 Å². The van der Waals surface area contributed by atoms with Crippen LogP contribution in [0.2, 0.25) is 0 Å². The van der Waals surface area contributed by atoms with Gasteiger partial charge in [-0.2, -0.15) is 0 Å². The van der Waals surface area contributed by atoms with E-state index in [2.05, 4.69) is 77.9 Å². The van der Waals surface area contributed by atoms with Crippen LogP contribution in [-0.4, -0.2) is 26.0 Å². The van der Waals surface area contributed by atoms with Crippen molar-refractivity contribution in [2.75, 3.05) is 13.6 Å². The Hall–Kier alpha value is 1.42. The molecule has 1 atom stereocenters. The fraction of sp³-hybridized carbons (Fsp3) is 1.00. The molecule has 0 aromatic carbocycles. The van der Waals surface area contributed by atoms with Gasteiger partial charge in [0.05, 0.1) is 1.43 Å². The Morgan fingerprint density at radius 1 is 1.29 bits per heavy atom. The molecule has 1 nitrogen and oxygen atoms in total. The largest absolute Gasteiger partial charge is 0.304 e. The molecule has 1 saturated carbocycles. The van der Waals surface area contributed by atoms with Crippen LogP contribution in [0.15, 0.2) is 0 Å². The van der Waals surface area contributed by atoms with E-state index in [9.17, 15) is 0 Å². The van der Waals surface area contributed by atoms with E-state index in [1.54, 1.807) is 0 Å². The molecule has 0 spiro atoms. The van der Waals surface area contributed by atoms with Gasteiger partial charge in [-0.15, -0.1) is 0 Å². The zero-order valence-corrected chi connectivity index (χ0v) is 13.9.